The van der Waals surface area contributed by atoms with Crippen molar-refractivity contribution in [3.63, 3.8) is 0 Å². The van der Waals surface area contributed by atoms with E-state index in [9.17, 15) is 4.79 Å². The molecule has 0 unspecified atom stereocenters. The minimum absolute atomic E-state index is 0.196. The zero-order valence-electron chi connectivity index (χ0n) is 8.94. The molecule has 16 heavy (non-hydrogen) atoms. The summed E-state index contributed by atoms with van der Waals surface area (Å²) in [5.74, 6) is -0.250. The lowest BCUT2D eigenvalue weighted by atomic mass is 10.2. The fourth-order valence-corrected chi connectivity index (χ4v) is 1.96. The smallest absolute Gasteiger partial charge is 0.325 e. The van der Waals surface area contributed by atoms with E-state index in [0.29, 0.717) is 11.6 Å². The summed E-state index contributed by atoms with van der Waals surface area (Å²) in [6.45, 7) is 2.38. The molecule has 0 saturated carbocycles. The molecule has 0 atom stereocenters. The molecule has 0 aliphatic rings. The van der Waals surface area contributed by atoms with Crippen LogP contribution in [0.3, 0.4) is 0 Å². The number of aromatic nitrogens is 1. The molecule has 0 amide bonds. The van der Waals surface area contributed by atoms with Gasteiger partial charge in [-0.15, -0.1) is 0 Å². The van der Waals surface area contributed by atoms with Gasteiger partial charge in [0.2, 0.25) is 0 Å². The van der Waals surface area contributed by atoms with Gasteiger partial charge in [0, 0.05) is 11.6 Å². The number of carbonyl (C=O) groups excluding carboxylic acids is 1. The summed E-state index contributed by atoms with van der Waals surface area (Å²) in [4.78, 5) is 11.4. The third kappa shape index (κ3) is 2.04. The summed E-state index contributed by atoms with van der Waals surface area (Å²) in [6, 6.07) is 7.70. The first-order valence-corrected chi connectivity index (χ1v) is 5.49. The lowest BCUT2D eigenvalue weighted by Crippen LogP contribution is -2.12. The monoisotopic (exact) mass is 237 g/mol. The van der Waals surface area contributed by atoms with Gasteiger partial charge in [-0.3, -0.25) is 4.79 Å². The van der Waals surface area contributed by atoms with Crippen molar-refractivity contribution in [2.45, 2.75) is 13.5 Å². The molecule has 1 heterocycles. The maximum Gasteiger partial charge on any atom is 0.325 e. The molecule has 0 radical (unpaired) electrons. The number of ether oxygens (including phenoxy) is 1. The number of carbonyl (C=O) groups is 1. The molecule has 0 saturated heterocycles. The first-order valence-electron chi connectivity index (χ1n) is 5.11. The largest absolute Gasteiger partial charge is 0.465 e. The molecule has 3 nitrogen and oxygen atoms in total. The third-order valence-corrected chi connectivity index (χ3v) is 2.65. The second-order valence-corrected chi connectivity index (χ2v) is 3.83. The van der Waals surface area contributed by atoms with Crippen LogP contribution in [0.15, 0.2) is 30.5 Å². The lowest BCUT2D eigenvalue weighted by Gasteiger charge is -2.04. The maximum absolute atomic E-state index is 11.4. The summed E-state index contributed by atoms with van der Waals surface area (Å²) < 4.78 is 6.70. The third-order valence-electron chi connectivity index (χ3n) is 2.34. The normalized spacial score (nSPS) is 10.6. The Morgan fingerprint density at radius 2 is 2.19 bits per heavy atom. The van der Waals surface area contributed by atoms with E-state index in [2.05, 4.69) is 0 Å². The van der Waals surface area contributed by atoms with Gasteiger partial charge in [-0.1, -0.05) is 29.8 Å². The van der Waals surface area contributed by atoms with Gasteiger partial charge in [0.25, 0.3) is 0 Å². The van der Waals surface area contributed by atoms with E-state index in [-0.39, 0.29) is 12.5 Å². The Hall–Kier alpha value is -1.48. The molecule has 4 heteroatoms. The summed E-state index contributed by atoms with van der Waals surface area (Å²) >= 11 is 6.07. The Kier molecular flexibility index (Phi) is 3.15. The van der Waals surface area contributed by atoms with E-state index in [4.69, 9.17) is 16.3 Å². The van der Waals surface area contributed by atoms with Gasteiger partial charge < -0.3 is 9.30 Å². The van der Waals surface area contributed by atoms with E-state index in [1.54, 1.807) is 17.7 Å². The summed E-state index contributed by atoms with van der Waals surface area (Å²) in [7, 11) is 0. The molecule has 84 valence electrons. The van der Waals surface area contributed by atoms with Gasteiger partial charge in [0.15, 0.2) is 0 Å². The van der Waals surface area contributed by atoms with Crippen molar-refractivity contribution in [2.75, 3.05) is 6.61 Å². The zero-order valence-corrected chi connectivity index (χ0v) is 9.70. The summed E-state index contributed by atoms with van der Waals surface area (Å²) in [5.41, 5.74) is 0.945. The van der Waals surface area contributed by atoms with Crippen molar-refractivity contribution in [3.8, 4) is 0 Å². The van der Waals surface area contributed by atoms with Crippen molar-refractivity contribution in [1.29, 1.82) is 0 Å². The number of halogens is 1. The number of hydrogen-bond donors (Lipinski definition) is 0. The standard InChI is InChI=1S/C12H12ClNO2/c1-2-16-12(15)8-14-7-10(13)9-5-3-4-6-11(9)14/h3-7H,2,8H2,1H3. The first kappa shape index (κ1) is 11.0. The van der Waals surface area contributed by atoms with Crippen LogP contribution >= 0.6 is 11.6 Å². The molecule has 0 spiro atoms. The number of rotatable bonds is 3. The van der Waals surface area contributed by atoms with E-state index >= 15 is 0 Å². The molecule has 2 aromatic rings. The first-order chi connectivity index (χ1) is 7.72. The van der Waals surface area contributed by atoms with Crippen LogP contribution in [0.5, 0.6) is 0 Å². The Balaban J connectivity index is 2.34. The van der Waals surface area contributed by atoms with Gasteiger partial charge >= 0.3 is 5.97 Å². The van der Waals surface area contributed by atoms with Crippen LogP contribution in [0.1, 0.15) is 6.92 Å². The average molecular weight is 238 g/mol. The van der Waals surface area contributed by atoms with Crippen molar-refractivity contribution >= 4 is 28.5 Å². The van der Waals surface area contributed by atoms with Gasteiger partial charge in [0.05, 0.1) is 17.1 Å². The van der Waals surface area contributed by atoms with Crippen LogP contribution in [0.25, 0.3) is 10.9 Å². The van der Waals surface area contributed by atoms with Crippen LogP contribution in [-0.2, 0) is 16.1 Å². The van der Waals surface area contributed by atoms with Crippen LogP contribution in [0.2, 0.25) is 5.02 Å². The van der Waals surface area contributed by atoms with E-state index in [0.717, 1.165) is 10.9 Å². The predicted octanol–water partition coefficient (Wildman–Crippen LogP) is 2.86. The Morgan fingerprint density at radius 3 is 2.94 bits per heavy atom. The minimum Gasteiger partial charge on any atom is -0.465 e. The number of esters is 1. The van der Waals surface area contributed by atoms with E-state index in [1.165, 1.54) is 0 Å². The highest BCUT2D eigenvalue weighted by Crippen LogP contribution is 2.25. The lowest BCUT2D eigenvalue weighted by molar-refractivity contribution is -0.143. The average Bonchev–Trinajstić information content (AvgIpc) is 2.57. The highest BCUT2D eigenvalue weighted by molar-refractivity contribution is 6.35. The number of para-hydroxylation sites is 1. The second-order valence-electron chi connectivity index (χ2n) is 3.43. The molecule has 1 aromatic carbocycles. The molecule has 0 N–H and O–H groups in total. The number of hydrogen-bond acceptors (Lipinski definition) is 2. The highest BCUT2D eigenvalue weighted by atomic mass is 35.5. The summed E-state index contributed by atoms with van der Waals surface area (Å²) in [5, 5.41) is 1.60. The van der Waals surface area contributed by atoms with Crippen molar-refractivity contribution in [2.24, 2.45) is 0 Å². The van der Waals surface area contributed by atoms with Gasteiger partial charge in [-0.2, -0.15) is 0 Å². The van der Waals surface area contributed by atoms with Crippen LogP contribution in [-0.4, -0.2) is 17.1 Å². The molecule has 2 rings (SSSR count). The van der Waals surface area contributed by atoms with Gasteiger partial charge in [-0.05, 0) is 13.0 Å². The zero-order chi connectivity index (χ0) is 11.5. The summed E-state index contributed by atoms with van der Waals surface area (Å²) in [6.07, 6.45) is 1.75. The Labute approximate surface area is 98.6 Å². The van der Waals surface area contributed by atoms with Crippen LogP contribution in [0, 0.1) is 0 Å². The minimum atomic E-state index is -0.250. The number of benzene rings is 1. The fourth-order valence-electron chi connectivity index (χ4n) is 1.68. The fraction of sp³-hybridized carbons (Fsp3) is 0.250. The number of nitrogens with zero attached hydrogens (tertiary/aromatic N) is 1. The Morgan fingerprint density at radius 1 is 1.44 bits per heavy atom. The molecule has 1 aromatic heterocycles. The van der Waals surface area contributed by atoms with E-state index < -0.39 is 0 Å². The molecule has 0 aliphatic carbocycles. The molecule has 0 bridgehead atoms. The second kappa shape index (κ2) is 4.58. The molecule has 0 fully saturated rings. The van der Waals surface area contributed by atoms with Crippen LogP contribution in [0.4, 0.5) is 0 Å². The van der Waals surface area contributed by atoms with Crippen molar-refractivity contribution < 1.29 is 9.53 Å². The Bertz CT molecular complexity index is 519. The van der Waals surface area contributed by atoms with Crippen LogP contribution < -0.4 is 0 Å². The SMILES string of the molecule is CCOC(=O)Cn1cc(Cl)c2ccccc21. The van der Waals surface area contributed by atoms with Gasteiger partial charge in [0.1, 0.15) is 6.54 Å². The molecular weight excluding hydrogens is 226 g/mol. The predicted molar refractivity (Wildman–Crippen MR) is 63.6 cm³/mol. The van der Waals surface area contributed by atoms with Gasteiger partial charge in [-0.25, -0.2) is 0 Å². The van der Waals surface area contributed by atoms with E-state index in [1.807, 2.05) is 24.3 Å². The number of fused-ring (bicyclic) bond motifs is 1. The maximum atomic E-state index is 11.4. The molecule has 0 aliphatic heterocycles. The van der Waals surface area contributed by atoms with Crippen molar-refractivity contribution in [3.05, 3.63) is 35.5 Å². The quantitative estimate of drug-likeness (QED) is 0.769. The highest BCUT2D eigenvalue weighted by Gasteiger charge is 2.09. The topological polar surface area (TPSA) is 31.2 Å². The molecular formula is C12H12ClNO2. The van der Waals surface area contributed by atoms with Crippen molar-refractivity contribution in [1.82, 2.24) is 4.57 Å².